The fourth-order valence-corrected chi connectivity index (χ4v) is 3.86. The summed E-state index contributed by atoms with van der Waals surface area (Å²) in [5.74, 6) is 1.11. The monoisotopic (exact) mass is 386 g/mol. The number of ether oxygens (including phenoxy) is 1. The zero-order chi connectivity index (χ0) is 18.6. The van der Waals surface area contributed by atoms with Crippen LogP contribution in [-0.2, 0) is 6.42 Å². The third-order valence-electron chi connectivity index (χ3n) is 4.41. The average molecular weight is 386 g/mol. The largest absolute Gasteiger partial charge is 0.480 e. The molecule has 1 fully saturated rings. The van der Waals surface area contributed by atoms with Gasteiger partial charge in [-0.3, -0.25) is 4.98 Å². The minimum absolute atomic E-state index is 0.227. The smallest absolute Gasteiger partial charge is 0.233 e. The number of piperazine rings is 1. The van der Waals surface area contributed by atoms with Crippen LogP contribution >= 0.6 is 11.3 Å². The van der Waals surface area contributed by atoms with Gasteiger partial charge in [-0.25, -0.2) is 4.39 Å². The predicted octanol–water partition coefficient (Wildman–Crippen LogP) is 2.39. The normalized spacial score (nSPS) is 14.4. The van der Waals surface area contributed by atoms with Crippen molar-refractivity contribution >= 4 is 22.3 Å². The van der Waals surface area contributed by atoms with Gasteiger partial charge in [-0.1, -0.05) is 23.5 Å². The molecule has 0 aliphatic carbocycles. The first-order valence-electron chi connectivity index (χ1n) is 8.64. The Morgan fingerprint density at radius 1 is 1.04 bits per heavy atom. The average Bonchev–Trinajstić information content (AvgIpc) is 3.18. The molecule has 0 spiro atoms. The molecule has 0 amide bonds. The van der Waals surface area contributed by atoms with Crippen molar-refractivity contribution in [3.05, 3.63) is 53.0 Å². The van der Waals surface area contributed by atoms with Crippen LogP contribution in [0.25, 0.3) is 0 Å². The molecular weight excluding hydrogens is 367 g/mol. The Balaban J connectivity index is 1.37. The number of methoxy groups -OCH3 is 1. The Morgan fingerprint density at radius 3 is 2.52 bits per heavy atom. The van der Waals surface area contributed by atoms with Crippen LogP contribution in [0.1, 0.15) is 10.6 Å². The van der Waals surface area contributed by atoms with Crippen LogP contribution in [0.15, 0.2) is 36.7 Å². The molecule has 0 radical (unpaired) electrons. The summed E-state index contributed by atoms with van der Waals surface area (Å²) >= 11 is 1.59. The molecule has 3 heterocycles. The summed E-state index contributed by atoms with van der Waals surface area (Å²) in [6, 6.07) is 6.50. The highest BCUT2D eigenvalue weighted by Crippen LogP contribution is 2.25. The van der Waals surface area contributed by atoms with Crippen molar-refractivity contribution in [3.8, 4) is 5.88 Å². The van der Waals surface area contributed by atoms with Gasteiger partial charge in [0, 0.05) is 32.6 Å². The highest BCUT2D eigenvalue weighted by Gasteiger charge is 2.21. The lowest BCUT2D eigenvalue weighted by Crippen LogP contribution is -2.46. The molecule has 0 saturated carbocycles. The summed E-state index contributed by atoms with van der Waals surface area (Å²) in [7, 11) is 1.59. The molecule has 0 bridgehead atoms. The van der Waals surface area contributed by atoms with Crippen molar-refractivity contribution < 1.29 is 9.13 Å². The highest BCUT2D eigenvalue weighted by atomic mass is 32.1. The molecular formula is C18H19FN6OS. The minimum Gasteiger partial charge on any atom is -0.480 e. The van der Waals surface area contributed by atoms with E-state index in [2.05, 4.69) is 30.0 Å². The second kappa shape index (κ2) is 7.83. The van der Waals surface area contributed by atoms with Crippen molar-refractivity contribution in [2.45, 2.75) is 6.42 Å². The molecule has 1 saturated heterocycles. The second-order valence-electron chi connectivity index (χ2n) is 6.18. The molecule has 0 N–H and O–H groups in total. The summed E-state index contributed by atoms with van der Waals surface area (Å²) in [5, 5.41) is 10.5. The number of anilines is 2. The van der Waals surface area contributed by atoms with Crippen molar-refractivity contribution in [1.82, 2.24) is 20.2 Å². The van der Waals surface area contributed by atoms with Gasteiger partial charge >= 0.3 is 0 Å². The van der Waals surface area contributed by atoms with Crippen molar-refractivity contribution in [1.29, 1.82) is 0 Å². The molecule has 140 valence electrons. The van der Waals surface area contributed by atoms with Crippen molar-refractivity contribution in [3.63, 3.8) is 0 Å². The Kier molecular flexibility index (Phi) is 5.10. The van der Waals surface area contributed by atoms with E-state index in [1.807, 2.05) is 0 Å². The topological polar surface area (TPSA) is 67.3 Å². The maximum atomic E-state index is 13.0. The molecule has 3 aromatic rings. The van der Waals surface area contributed by atoms with Gasteiger partial charge in [0.25, 0.3) is 0 Å². The van der Waals surface area contributed by atoms with Crippen molar-refractivity contribution in [2.75, 3.05) is 43.1 Å². The Labute approximate surface area is 160 Å². The van der Waals surface area contributed by atoms with E-state index in [9.17, 15) is 4.39 Å². The van der Waals surface area contributed by atoms with Gasteiger partial charge < -0.3 is 14.5 Å². The molecule has 0 unspecified atom stereocenters. The maximum Gasteiger partial charge on any atom is 0.233 e. The summed E-state index contributed by atoms with van der Waals surface area (Å²) in [4.78, 5) is 13.0. The van der Waals surface area contributed by atoms with Crippen LogP contribution in [0.3, 0.4) is 0 Å². The van der Waals surface area contributed by atoms with E-state index in [1.54, 1.807) is 43.0 Å². The van der Waals surface area contributed by atoms with E-state index in [4.69, 9.17) is 4.74 Å². The predicted molar refractivity (Wildman–Crippen MR) is 102 cm³/mol. The van der Waals surface area contributed by atoms with E-state index in [1.165, 1.54) is 12.1 Å². The van der Waals surface area contributed by atoms with Crippen molar-refractivity contribution in [2.24, 2.45) is 0 Å². The molecule has 0 atom stereocenters. The Hall–Kier alpha value is -2.81. The van der Waals surface area contributed by atoms with E-state index in [0.29, 0.717) is 12.3 Å². The molecule has 1 aromatic carbocycles. The van der Waals surface area contributed by atoms with Gasteiger partial charge in [0.15, 0.2) is 5.82 Å². The standard InChI is InChI=1S/C18H19FN6OS/c1-26-16-12-20-11-15(21-16)24-6-8-25(9-7-24)18-23-22-17(27-18)10-13-2-4-14(19)5-3-13/h2-5,11-12H,6-10H2,1H3. The van der Waals surface area contributed by atoms with Gasteiger partial charge in [0.2, 0.25) is 11.0 Å². The van der Waals surface area contributed by atoms with Crippen LogP contribution in [0.2, 0.25) is 0 Å². The minimum atomic E-state index is -0.227. The number of hydrogen-bond donors (Lipinski definition) is 0. The zero-order valence-electron chi connectivity index (χ0n) is 14.9. The SMILES string of the molecule is COc1cncc(N2CCN(c3nnc(Cc4ccc(F)cc4)s3)CC2)n1. The third-order valence-corrected chi connectivity index (χ3v) is 5.39. The van der Waals surface area contributed by atoms with Gasteiger partial charge in [0.05, 0.1) is 19.5 Å². The first-order chi connectivity index (χ1) is 13.2. The Bertz CT molecular complexity index is 895. The van der Waals surface area contributed by atoms with Crippen LogP contribution in [0.5, 0.6) is 5.88 Å². The number of benzene rings is 1. The quantitative estimate of drug-likeness (QED) is 0.667. The lowest BCUT2D eigenvalue weighted by Gasteiger charge is -2.34. The molecule has 7 nitrogen and oxygen atoms in total. The number of halogens is 1. The summed E-state index contributed by atoms with van der Waals surface area (Å²) in [5.41, 5.74) is 1.03. The lowest BCUT2D eigenvalue weighted by atomic mass is 10.2. The zero-order valence-corrected chi connectivity index (χ0v) is 15.7. The molecule has 27 heavy (non-hydrogen) atoms. The maximum absolute atomic E-state index is 13.0. The lowest BCUT2D eigenvalue weighted by molar-refractivity contribution is 0.395. The molecule has 1 aliphatic heterocycles. The van der Waals surface area contributed by atoms with Gasteiger partial charge in [-0.05, 0) is 17.7 Å². The van der Waals surface area contributed by atoms with E-state index < -0.39 is 0 Å². The first-order valence-corrected chi connectivity index (χ1v) is 9.45. The van der Waals surface area contributed by atoms with Gasteiger partial charge in [0.1, 0.15) is 10.8 Å². The van der Waals surface area contributed by atoms with E-state index in [-0.39, 0.29) is 5.82 Å². The first kappa shape index (κ1) is 17.6. The summed E-state index contributed by atoms with van der Waals surface area (Å²) in [6.07, 6.45) is 4.02. The summed E-state index contributed by atoms with van der Waals surface area (Å²) in [6.45, 7) is 3.33. The molecule has 4 rings (SSSR count). The van der Waals surface area contributed by atoms with E-state index in [0.717, 1.165) is 47.7 Å². The van der Waals surface area contributed by atoms with Gasteiger partial charge in [-0.2, -0.15) is 4.98 Å². The highest BCUT2D eigenvalue weighted by molar-refractivity contribution is 7.15. The number of hydrogen-bond acceptors (Lipinski definition) is 8. The fraction of sp³-hybridized carbons (Fsp3) is 0.333. The van der Waals surface area contributed by atoms with Crippen LogP contribution in [0, 0.1) is 5.82 Å². The third kappa shape index (κ3) is 4.13. The van der Waals surface area contributed by atoms with Crippen LogP contribution in [-0.4, -0.2) is 53.5 Å². The Morgan fingerprint density at radius 2 is 1.78 bits per heavy atom. The van der Waals surface area contributed by atoms with E-state index >= 15 is 0 Å². The molecule has 1 aliphatic rings. The molecule has 9 heteroatoms. The number of nitrogens with zero attached hydrogens (tertiary/aromatic N) is 6. The second-order valence-corrected chi connectivity index (χ2v) is 7.22. The number of rotatable bonds is 5. The summed E-state index contributed by atoms with van der Waals surface area (Å²) < 4.78 is 18.2. The van der Waals surface area contributed by atoms with Crippen LogP contribution in [0.4, 0.5) is 15.3 Å². The van der Waals surface area contributed by atoms with Crippen LogP contribution < -0.4 is 14.5 Å². The van der Waals surface area contributed by atoms with Gasteiger partial charge in [-0.15, -0.1) is 10.2 Å². The molecule has 2 aromatic heterocycles. The fourth-order valence-electron chi connectivity index (χ4n) is 2.94. The number of aromatic nitrogens is 4.